The van der Waals surface area contributed by atoms with Gasteiger partial charge in [-0.25, -0.2) is 8.78 Å². The first-order valence-electron chi connectivity index (χ1n) is 6.19. The van der Waals surface area contributed by atoms with Gasteiger partial charge in [-0.2, -0.15) is 0 Å². The summed E-state index contributed by atoms with van der Waals surface area (Å²) in [6.45, 7) is 0.560. The first-order valence-corrected chi connectivity index (χ1v) is 6.19. The number of hydrogen-bond acceptors (Lipinski definition) is 4. The molecule has 21 heavy (non-hydrogen) atoms. The van der Waals surface area contributed by atoms with Crippen molar-refractivity contribution in [2.45, 2.75) is 6.42 Å². The van der Waals surface area contributed by atoms with Gasteiger partial charge in [-0.15, -0.1) is 0 Å². The molecule has 0 saturated carbocycles. The van der Waals surface area contributed by atoms with E-state index < -0.39 is 17.5 Å². The molecule has 1 rings (SSSR count). The van der Waals surface area contributed by atoms with E-state index in [0.717, 1.165) is 12.1 Å². The molecule has 0 bridgehead atoms. The van der Waals surface area contributed by atoms with Crippen molar-refractivity contribution in [3.8, 4) is 0 Å². The number of carbonyl (C=O) groups excluding carboxylic acids is 1. The third-order valence-corrected chi connectivity index (χ3v) is 2.78. The summed E-state index contributed by atoms with van der Waals surface area (Å²) < 4.78 is 31.4. The lowest BCUT2D eigenvalue weighted by Gasteiger charge is -2.22. The van der Waals surface area contributed by atoms with Crippen LogP contribution in [0.3, 0.4) is 0 Å². The first kappa shape index (κ1) is 16.8. The van der Waals surface area contributed by atoms with Gasteiger partial charge < -0.3 is 20.6 Å². The van der Waals surface area contributed by atoms with Gasteiger partial charge >= 0.3 is 0 Å². The van der Waals surface area contributed by atoms with E-state index in [0.29, 0.717) is 6.07 Å². The van der Waals surface area contributed by atoms with Crippen molar-refractivity contribution in [3.63, 3.8) is 0 Å². The van der Waals surface area contributed by atoms with Gasteiger partial charge in [0.15, 0.2) is 0 Å². The molecule has 0 fully saturated rings. The second-order valence-corrected chi connectivity index (χ2v) is 4.25. The van der Waals surface area contributed by atoms with E-state index in [2.05, 4.69) is 5.16 Å². The number of methoxy groups -OCH3 is 1. The van der Waals surface area contributed by atoms with E-state index in [-0.39, 0.29) is 37.5 Å². The van der Waals surface area contributed by atoms with Gasteiger partial charge in [-0.3, -0.25) is 4.79 Å². The zero-order chi connectivity index (χ0) is 15.8. The number of benzene rings is 1. The summed E-state index contributed by atoms with van der Waals surface area (Å²) in [6.07, 6.45) is 0.120. The quantitative estimate of drug-likeness (QED) is 0.343. The average molecular weight is 301 g/mol. The summed E-state index contributed by atoms with van der Waals surface area (Å²) >= 11 is 0. The summed E-state index contributed by atoms with van der Waals surface area (Å²) in [7, 11) is 1.46. The molecule has 116 valence electrons. The van der Waals surface area contributed by atoms with Gasteiger partial charge in [0.25, 0.3) is 5.91 Å². The van der Waals surface area contributed by atoms with Gasteiger partial charge in [0, 0.05) is 32.7 Å². The second-order valence-electron chi connectivity index (χ2n) is 4.25. The fourth-order valence-corrected chi connectivity index (χ4v) is 1.65. The van der Waals surface area contributed by atoms with Gasteiger partial charge in [0.2, 0.25) is 0 Å². The highest BCUT2D eigenvalue weighted by atomic mass is 19.1. The molecule has 0 aromatic heterocycles. The minimum atomic E-state index is -0.939. The first-order chi connectivity index (χ1) is 9.99. The van der Waals surface area contributed by atoms with Crippen molar-refractivity contribution < 1.29 is 23.5 Å². The van der Waals surface area contributed by atoms with Gasteiger partial charge in [0.1, 0.15) is 17.5 Å². The third-order valence-electron chi connectivity index (χ3n) is 2.78. The topological polar surface area (TPSA) is 88.2 Å². The Bertz CT molecular complexity index is 523. The SMILES string of the molecule is COCCN(CCC(N)=NO)C(=O)c1ccc(F)cc1F. The van der Waals surface area contributed by atoms with Crippen LogP contribution in [-0.2, 0) is 4.74 Å². The van der Waals surface area contributed by atoms with Crippen molar-refractivity contribution in [2.24, 2.45) is 10.9 Å². The molecule has 0 heterocycles. The number of hydrogen-bond donors (Lipinski definition) is 2. The Hall–Kier alpha value is -2.22. The van der Waals surface area contributed by atoms with Crippen LogP contribution in [-0.4, -0.2) is 48.7 Å². The highest BCUT2D eigenvalue weighted by Crippen LogP contribution is 2.12. The maximum Gasteiger partial charge on any atom is 0.256 e. The Labute approximate surface area is 120 Å². The van der Waals surface area contributed by atoms with Crippen LogP contribution in [0, 0.1) is 11.6 Å². The molecule has 6 nitrogen and oxygen atoms in total. The predicted molar refractivity (Wildman–Crippen MR) is 72.2 cm³/mol. The highest BCUT2D eigenvalue weighted by Gasteiger charge is 2.19. The number of nitrogens with zero attached hydrogens (tertiary/aromatic N) is 2. The molecule has 0 unspecified atom stereocenters. The number of halogens is 2. The Morgan fingerprint density at radius 3 is 2.71 bits per heavy atom. The summed E-state index contributed by atoms with van der Waals surface area (Å²) in [6, 6.07) is 2.73. The van der Waals surface area contributed by atoms with Crippen molar-refractivity contribution in [2.75, 3.05) is 26.8 Å². The standard InChI is InChI=1S/C13H17F2N3O3/c1-21-7-6-18(5-4-12(16)17-20)13(19)10-3-2-9(14)8-11(10)15/h2-3,8,20H,4-7H2,1H3,(H2,16,17). The minimum Gasteiger partial charge on any atom is -0.409 e. The lowest BCUT2D eigenvalue weighted by molar-refractivity contribution is 0.0696. The second kappa shape index (κ2) is 8.15. The molecule has 1 aromatic rings. The van der Waals surface area contributed by atoms with Gasteiger partial charge in [-0.05, 0) is 12.1 Å². The van der Waals surface area contributed by atoms with Crippen LogP contribution in [0.1, 0.15) is 16.8 Å². The number of ether oxygens (including phenoxy) is 1. The maximum atomic E-state index is 13.6. The minimum absolute atomic E-state index is 0.0511. The molecule has 0 spiro atoms. The summed E-state index contributed by atoms with van der Waals surface area (Å²) in [5.74, 6) is -2.37. The number of amides is 1. The molecule has 0 saturated heterocycles. The van der Waals surface area contributed by atoms with Crippen LogP contribution < -0.4 is 5.73 Å². The number of oxime groups is 1. The van der Waals surface area contributed by atoms with Crippen molar-refractivity contribution in [3.05, 3.63) is 35.4 Å². The molecule has 8 heteroatoms. The van der Waals surface area contributed by atoms with Crippen LogP contribution in [0.25, 0.3) is 0 Å². The number of rotatable bonds is 7. The van der Waals surface area contributed by atoms with E-state index >= 15 is 0 Å². The van der Waals surface area contributed by atoms with Crippen LogP contribution in [0.5, 0.6) is 0 Å². The third kappa shape index (κ3) is 4.99. The van der Waals surface area contributed by atoms with Crippen LogP contribution in [0.15, 0.2) is 23.4 Å². The van der Waals surface area contributed by atoms with Gasteiger partial charge in [-0.1, -0.05) is 5.16 Å². The Balaban J connectivity index is 2.87. The normalized spacial score (nSPS) is 11.5. The van der Waals surface area contributed by atoms with E-state index in [4.69, 9.17) is 15.7 Å². The number of carbonyl (C=O) groups is 1. The molecule has 0 aliphatic rings. The molecule has 1 aromatic carbocycles. The van der Waals surface area contributed by atoms with E-state index in [1.807, 2.05) is 0 Å². The molecular formula is C13H17F2N3O3. The van der Waals surface area contributed by atoms with E-state index in [1.54, 1.807) is 0 Å². The van der Waals surface area contributed by atoms with E-state index in [1.165, 1.54) is 12.0 Å². The zero-order valence-corrected chi connectivity index (χ0v) is 11.6. The molecule has 0 atom stereocenters. The van der Waals surface area contributed by atoms with Crippen molar-refractivity contribution >= 4 is 11.7 Å². The van der Waals surface area contributed by atoms with Crippen molar-refractivity contribution in [1.29, 1.82) is 0 Å². The molecule has 0 aliphatic carbocycles. The van der Waals surface area contributed by atoms with Crippen molar-refractivity contribution in [1.82, 2.24) is 4.90 Å². The van der Waals surface area contributed by atoms with Crippen LogP contribution in [0.4, 0.5) is 8.78 Å². The monoisotopic (exact) mass is 301 g/mol. The Kier molecular flexibility index (Phi) is 6.54. The van der Waals surface area contributed by atoms with Gasteiger partial charge in [0.05, 0.1) is 12.2 Å². The van der Waals surface area contributed by atoms with Crippen LogP contribution >= 0.6 is 0 Å². The summed E-state index contributed by atoms with van der Waals surface area (Å²) in [4.78, 5) is 13.5. The molecule has 0 radical (unpaired) electrons. The lowest BCUT2D eigenvalue weighted by atomic mass is 10.1. The summed E-state index contributed by atoms with van der Waals surface area (Å²) in [5.41, 5.74) is 5.10. The number of amidine groups is 1. The average Bonchev–Trinajstić information content (AvgIpc) is 2.46. The van der Waals surface area contributed by atoms with E-state index in [9.17, 15) is 13.6 Å². The largest absolute Gasteiger partial charge is 0.409 e. The molecule has 3 N–H and O–H groups in total. The number of nitrogens with two attached hydrogens (primary N) is 1. The molecular weight excluding hydrogens is 284 g/mol. The molecule has 1 amide bonds. The lowest BCUT2D eigenvalue weighted by Crippen LogP contribution is -2.37. The zero-order valence-electron chi connectivity index (χ0n) is 11.6. The van der Waals surface area contributed by atoms with Crippen LogP contribution in [0.2, 0.25) is 0 Å². The Morgan fingerprint density at radius 2 is 2.14 bits per heavy atom. The fraction of sp³-hybridized carbons (Fsp3) is 0.385. The maximum absolute atomic E-state index is 13.6. The smallest absolute Gasteiger partial charge is 0.256 e. The fourth-order valence-electron chi connectivity index (χ4n) is 1.65. The Morgan fingerprint density at radius 1 is 1.43 bits per heavy atom. The highest BCUT2D eigenvalue weighted by molar-refractivity contribution is 5.94. The summed E-state index contributed by atoms with van der Waals surface area (Å²) in [5, 5.41) is 11.3. The molecule has 0 aliphatic heterocycles. The predicted octanol–water partition coefficient (Wildman–Crippen LogP) is 1.19.